The second kappa shape index (κ2) is 5.50. The number of ketones is 1. The summed E-state index contributed by atoms with van der Waals surface area (Å²) in [7, 11) is 0. The Kier molecular flexibility index (Phi) is 4.72. The van der Waals surface area contributed by atoms with E-state index in [0.29, 0.717) is 0 Å². The fraction of sp³-hybridized carbons (Fsp3) is 0.882. The fourth-order valence-electron chi connectivity index (χ4n) is 3.51. The van der Waals surface area contributed by atoms with Crippen LogP contribution in [-0.4, -0.2) is 28.7 Å². The van der Waals surface area contributed by atoms with Gasteiger partial charge in [-0.1, -0.05) is 41.5 Å². The molecule has 0 saturated carbocycles. The van der Waals surface area contributed by atoms with E-state index < -0.39 is 5.54 Å². The van der Waals surface area contributed by atoms with Gasteiger partial charge in [0, 0.05) is 18.9 Å². The molecule has 1 atom stereocenters. The van der Waals surface area contributed by atoms with E-state index in [-0.39, 0.29) is 22.5 Å². The zero-order valence-corrected chi connectivity index (χ0v) is 14.3. The maximum absolute atomic E-state index is 13.2. The standard InChI is InChI=1S/C17H31NO2/c1-8-16(6,7)14(20)17(12-15(3,4)5)10-9-11-18(17)13(2)19/h8-12H2,1-7H3/t17-/m0/s1. The van der Waals surface area contributed by atoms with E-state index in [9.17, 15) is 9.59 Å². The van der Waals surface area contributed by atoms with E-state index in [1.807, 2.05) is 18.7 Å². The van der Waals surface area contributed by atoms with E-state index in [2.05, 4.69) is 27.7 Å². The summed E-state index contributed by atoms with van der Waals surface area (Å²) in [4.78, 5) is 27.1. The van der Waals surface area contributed by atoms with Crippen LogP contribution in [0.3, 0.4) is 0 Å². The highest BCUT2D eigenvalue weighted by Gasteiger charge is 2.53. The van der Waals surface area contributed by atoms with E-state index in [1.165, 1.54) is 0 Å². The second-order valence-electron chi connectivity index (χ2n) is 8.11. The lowest BCUT2D eigenvalue weighted by Gasteiger charge is -2.44. The van der Waals surface area contributed by atoms with Crippen LogP contribution in [0.2, 0.25) is 0 Å². The number of amides is 1. The quantitative estimate of drug-likeness (QED) is 0.786. The SMILES string of the molecule is CCC(C)(C)C(=O)[C@@]1(CC(C)(C)C)CCCN1C(C)=O. The molecule has 0 bridgehead atoms. The maximum Gasteiger partial charge on any atom is 0.220 e. The first kappa shape index (κ1) is 17.2. The summed E-state index contributed by atoms with van der Waals surface area (Å²) in [5.41, 5.74) is -0.940. The monoisotopic (exact) mass is 281 g/mol. The van der Waals surface area contributed by atoms with Gasteiger partial charge in [-0.25, -0.2) is 0 Å². The Morgan fingerprint density at radius 1 is 1.15 bits per heavy atom. The average Bonchev–Trinajstić information content (AvgIpc) is 2.70. The molecule has 3 nitrogen and oxygen atoms in total. The summed E-state index contributed by atoms with van der Waals surface area (Å²) in [5, 5.41) is 0. The maximum atomic E-state index is 13.2. The highest BCUT2D eigenvalue weighted by molar-refractivity contribution is 5.96. The third-order valence-electron chi connectivity index (χ3n) is 4.61. The molecule has 1 heterocycles. The molecule has 0 spiro atoms. The normalized spacial score (nSPS) is 24.1. The number of Topliss-reactive ketones (excluding diaryl/α,β-unsaturated/α-hetero) is 1. The van der Waals surface area contributed by atoms with Crippen LogP contribution in [0.4, 0.5) is 0 Å². The Morgan fingerprint density at radius 2 is 1.70 bits per heavy atom. The van der Waals surface area contributed by atoms with Crippen LogP contribution in [0, 0.1) is 10.8 Å². The number of rotatable bonds is 4. The number of carbonyl (C=O) groups is 2. The lowest BCUT2D eigenvalue weighted by Crippen LogP contribution is -2.58. The minimum atomic E-state index is -0.594. The summed E-state index contributed by atoms with van der Waals surface area (Å²) in [6.07, 6.45) is 3.30. The fourth-order valence-corrected chi connectivity index (χ4v) is 3.51. The van der Waals surface area contributed by atoms with Crippen molar-refractivity contribution in [2.75, 3.05) is 6.54 Å². The van der Waals surface area contributed by atoms with Crippen molar-refractivity contribution in [3.63, 3.8) is 0 Å². The number of hydrogen-bond donors (Lipinski definition) is 0. The van der Waals surface area contributed by atoms with Gasteiger partial charge in [-0.3, -0.25) is 9.59 Å². The van der Waals surface area contributed by atoms with Crippen molar-refractivity contribution in [3.8, 4) is 0 Å². The zero-order chi connectivity index (χ0) is 15.8. The van der Waals surface area contributed by atoms with Crippen molar-refractivity contribution in [3.05, 3.63) is 0 Å². The molecule has 0 aromatic heterocycles. The summed E-state index contributed by atoms with van der Waals surface area (Å²) < 4.78 is 0. The summed E-state index contributed by atoms with van der Waals surface area (Å²) >= 11 is 0. The Balaban J connectivity index is 3.28. The first-order valence-electron chi connectivity index (χ1n) is 7.79. The molecule has 1 amide bonds. The molecule has 0 aromatic carbocycles. The Morgan fingerprint density at radius 3 is 2.10 bits per heavy atom. The predicted molar refractivity (Wildman–Crippen MR) is 82.5 cm³/mol. The van der Waals surface area contributed by atoms with E-state index in [4.69, 9.17) is 0 Å². The molecule has 0 N–H and O–H groups in total. The van der Waals surface area contributed by atoms with E-state index in [0.717, 1.165) is 32.2 Å². The van der Waals surface area contributed by atoms with Crippen LogP contribution >= 0.6 is 0 Å². The second-order valence-corrected chi connectivity index (χ2v) is 8.11. The van der Waals surface area contributed by atoms with Gasteiger partial charge in [0.15, 0.2) is 5.78 Å². The lowest BCUT2D eigenvalue weighted by atomic mass is 9.68. The van der Waals surface area contributed by atoms with Gasteiger partial charge in [0.1, 0.15) is 5.54 Å². The van der Waals surface area contributed by atoms with Crippen LogP contribution < -0.4 is 0 Å². The van der Waals surface area contributed by atoms with Crippen molar-refractivity contribution in [1.29, 1.82) is 0 Å². The Labute approximate surface area is 124 Å². The number of hydrogen-bond acceptors (Lipinski definition) is 2. The molecular formula is C17H31NO2. The number of nitrogens with zero attached hydrogens (tertiary/aromatic N) is 1. The average molecular weight is 281 g/mol. The van der Waals surface area contributed by atoms with Crippen molar-refractivity contribution < 1.29 is 9.59 Å². The van der Waals surface area contributed by atoms with Crippen LogP contribution in [-0.2, 0) is 9.59 Å². The first-order valence-corrected chi connectivity index (χ1v) is 7.79. The molecule has 1 fully saturated rings. The van der Waals surface area contributed by atoms with Gasteiger partial charge in [-0.05, 0) is 31.1 Å². The van der Waals surface area contributed by atoms with Crippen molar-refractivity contribution >= 4 is 11.7 Å². The zero-order valence-electron chi connectivity index (χ0n) is 14.3. The van der Waals surface area contributed by atoms with Gasteiger partial charge in [0.25, 0.3) is 0 Å². The van der Waals surface area contributed by atoms with Crippen molar-refractivity contribution in [2.24, 2.45) is 10.8 Å². The van der Waals surface area contributed by atoms with Crippen LogP contribution in [0.1, 0.15) is 74.1 Å². The highest BCUT2D eigenvalue weighted by Crippen LogP contribution is 2.44. The minimum Gasteiger partial charge on any atom is -0.330 e. The molecule has 116 valence electrons. The molecule has 3 heteroatoms. The van der Waals surface area contributed by atoms with Gasteiger partial charge in [-0.2, -0.15) is 0 Å². The summed E-state index contributed by atoms with van der Waals surface area (Å²) in [6, 6.07) is 0. The van der Waals surface area contributed by atoms with Crippen LogP contribution in [0.25, 0.3) is 0 Å². The molecule has 1 aliphatic heterocycles. The van der Waals surface area contributed by atoms with Crippen molar-refractivity contribution in [2.45, 2.75) is 79.7 Å². The van der Waals surface area contributed by atoms with E-state index in [1.54, 1.807) is 6.92 Å². The number of carbonyl (C=O) groups excluding carboxylic acids is 2. The van der Waals surface area contributed by atoms with Crippen LogP contribution in [0.5, 0.6) is 0 Å². The Bertz CT molecular complexity index is 392. The predicted octanol–water partition coefficient (Wildman–Crippen LogP) is 3.81. The van der Waals surface area contributed by atoms with Gasteiger partial charge in [0.2, 0.25) is 5.91 Å². The molecule has 0 aromatic rings. The van der Waals surface area contributed by atoms with Gasteiger partial charge < -0.3 is 4.90 Å². The largest absolute Gasteiger partial charge is 0.330 e. The van der Waals surface area contributed by atoms with Crippen LogP contribution in [0.15, 0.2) is 0 Å². The van der Waals surface area contributed by atoms with Gasteiger partial charge in [0.05, 0.1) is 0 Å². The summed E-state index contributed by atoms with van der Waals surface area (Å²) in [6.45, 7) is 14.8. The molecule has 0 aliphatic carbocycles. The number of likely N-dealkylation sites (tertiary alicyclic amines) is 1. The van der Waals surface area contributed by atoms with E-state index >= 15 is 0 Å². The molecule has 1 saturated heterocycles. The van der Waals surface area contributed by atoms with Crippen molar-refractivity contribution in [1.82, 2.24) is 4.90 Å². The third kappa shape index (κ3) is 3.24. The summed E-state index contributed by atoms with van der Waals surface area (Å²) in [5.74, 6) is 0.280. The molecule has 0 unspecified atom stereocenters. The minimum absolute atomic E-state index is 0.0253. The molecular weight excluding hydrogens is 250 g/mol. The Hall–Kier alpha value is -0.860. The lowest BCUT2D eigenvalue weighted by molar-refractivity contribution is -0.149. The smallest absolute Gasteiger partial charge is 0.220 e. The van der Waals surface area contributed by atoms with Gasteiger partial charge in [-0.15, -0.1) is 0 Å². The molecule has 20 heavy (non-hydrogen) atoms. The molecule has 1 aliphatic rings. The van der Waals surface area contributed by atoms with Gasteiger partial charge >= 0.3 is 0 Å². The molecule has 0 radical (unpaired) electrons. The topological polar surface area (TPSA) is 37.4 Å². The highest BCUT2D eigenvalue weighted by atomic mass is 16.2. The first-order chi connectivity index (χ1) is 8.96. The molecule has 1 rings (SSSR count). The third-order valence-corrected chi connectivity index (χ3v) is 4.61.